The van der Waals surface area contributed by atoms with Crippen LogP contribution in [0.3, 0.4) is 0 Å². The number of benzene rings is 2. The predicted octanol–water partition coefficient (Wildman–Crippen LogP) is 3.86. The molecule has 31 heavy (non-hydrogen) atoms. The lowest BCUT2D eigenvalue weighted by Crippen LogP contribution is -2.39. The predicted molar refractivity (Wildman–Crippen MR) is 122 cm³/mol. The van der Waals surface area contributed by atoms with Gasteiger partial charge >= 0.3 is 0 Å². The Kier molecular flexibility index (Phi) is 8.60. The first-order valence-corrected chi connectivity index (χ1v) is 10.7. The SMILES string of the molecule is CCOC(C)c1noc(CNC(=NC)NCC(Cc2ccccc2)c2ccccc2)n1. The van der Waals surface area contributed by atoms with Gasteiger partial charge in [-0.3, -0.25) is 4.99 Å². The van der Waals surface area contributed by atoms with Gasteiger partial charge in [0, 0.05) is 26.1 Å². The minimum Gasteiger partial charge on any atom is -0.371 e. The van der Waals surface area contributed by atoms with Crippen LogP contribution in [-0.2, 0) is 17.7 Å². The molecule has 7 nitrogen and oxygen atoms in total. The Morgan fingerprint density at radius 2 is 1.77 bits per heavy atom. The largest absolute Gasteiger partial charge is 0.371 e. The highest BCUT2D eigenvalue weighted by atomic mass is 16.5. The second-order valence-corrected chi connectivity index (χ2v) is 7.25. The summed E-state index contributed by atoms with van der Waals surface area (Å²) < 4.78 is 10.8. The molecule has 0 aliphatic rings. The van der Waals surface area contributed by atoms with E-state index in [1.54, 1.807) is 7.05 Å². The minimum atomic E-state index is -0.190. The quantitative estimate of drug-likeness (QED) is 0.382. The van der Waals surface area contributed by atoms with E-state index in [2.05, 4.69) is 74.3 Å². The summed E-state index contributed by atoms with van der Waals surface area (Å²) in [7, 11) is 1.75. The summed E-state index contributed by atoms with van der Waals surface area (Å²) in [6.45, 7) is 5.58. The van der Waals surface area contributed by atoms with Crippen LogP contribution in [0.4, 0.5) is 0 Å². The maximum atomic E-state index is 5.50. The van der Waals surface area contributed by atoms with Gasteiger partial charge < -0.3 is 19.9 Å². The number of hydrogen-bond donors (Lipinski definition) is 2. The number of ether oxygens (including phenoxy) is 1. The van der Waals surface area contributed by atoms with Gasteiger partial charge in [-0.1, -0.05) is 65.8 Å². The highest BCUT2D eigenvalue weighted by Gasteiger charge is 2.15. The summed E-state index contributed by atoms with van der Waals surface area (Å²) in [6.07, 6.45) is 0.751. The van der Waals surface area contributed by atoms with Crippen molar-refractivity contribution in [3.63, 3.8) is 0 Å². The maximum Gasteiger partial charge on any atom is 0.246 e. The smallest absolute Gasteiger partial charge is 0.246 e. The molecule has 0 aliphatic heterocycles. The number of hydrogen-bond acceptors (Lipinski definition) is 5. The van der Waals surface area contributed by atoms with Gasteiger partial charge in [-0.25, -0.2) is 0 Å². The van der Waals surface area contributed by atoms with Gasteiger partial charge in [0.25, 0.3) is 0 Å². The van der Waals surface area contributed by atoms with E-state index in [0.717, 1.165) is 13.0 Å². The Balaban J connectivity index is 1.58. The highest BCUT2D eigenvalue weighted by Crippen LogP contribution is 2.20. The zero-order valence-corrected chi connectivity index (χ0v) is 18.4. The second-order valence-electron chi connectivity index (χ2n) is 7.25. The van der Waals surface area contributed by atoms with Crippen molar-refractivity contribution in [3.8, 4) is 0 Å². The van der Waals surface area contributed by atoms with Gasteiger partial charge in [0.1, 0.15) is 6.10 Å². The third-order valence-electron chi connectivity index (χ3n) is 5.01. The highest BCUT2D eigenvalue weighted by molar-refractivity contribution is 5.79. The normalized spacial score (nSPS) is 13.6. The van der Waals surface area contributed by atoms with Crippen LogP contribution in [0, 0.1) is 0 Å². The van der Waals surface area contributed by atoms with Crippen molar-refractivity contribution in [1.82, 2.24) is 20.8 Å². The molecule has 2 aromatic carbocycles. The lowest BCUT2D eigenvalue weighted by molar-refractivity contribution is 0.0683. The number of nitrogens with zero attached hydrogens (tertiary/aromatic N) is 3. The molecule has 0 spiro atoms. The van der Waals surface area contributed by atoms with Crippen molar-refractivity contribution < 1.29 is 9.26 Å². The Morgan fingerprint density at radius 3 is 2.45 bits per heavy atom. The Hall–Kier alpha value is -3.19. The molecule has 0 saturated heterocycles. The minimum absolute atomic E-state index is 0.190. The first-order chi connectivity index (χ1) is 15.2. The summed E-state index contributed by atoms with van der Waals surface area (Å²) in [5, 5.41) is 10.7. The Labute approximate surface area is 183 Å². The molecule has 164 valence electrons. The van der Waals surface area contributed by atoms with Gasteiger partial charge in [-0.05, 0) is 31.4 Å². The molecule has 0 aliphatic carbocycles. The molecule has 2 N–H and O–H groups in total. The van der Waals surface area contributed by atoms with E-state index in [-0.39, 0.29) is 6.10 Å². The molecular weight excluding hydrogens is 390 g/mol. The number of aromatic nitrogens is 2. The van der Waals surface area contributed by atoms with Crippen molar-refractivity contribution >= 4 is 5.96 Å². The van der Waals surface area contributed by atoms with E-state index in [4.69, 9.17) is 9.26 Å². The van der Waals surface area contributed by atoms with Crippen molar-refractivity contribution in [2.45, 2.75) is 38.8 Å². The van der Waals surface area contributed by atoms with Crippen molar-refractivity contribution in [2.75, 3.05) is 20.2 Å². The maximum absolute atomic E-state index is 5.50. The topological polar surface area (TPSA) is 84.6 Å². The van der Waals surface area contributed by atoms with Crippen LogP contribution in [0.2, 0.25) is 0 Å². The molecule has 0 amide bonds. The molecule has 0 bridgehead atoms. The van der Waals surface area contributed by atoms with Crippen molar-refractivity contribution in [2.24, 2.45) is 4.99 Å². The van der Waals surface area contributed by atoms with Crippen LogP contribution in [0.1, 0.15) is 48.7 Å². The van der Waals surface area contributed by atoms with Crippen LogP contribution in [0.15, 0.2) is 70.2 Å². The Bertz CT molecular complexity index is 927. The molecule has 0 saturated carbocycles. The zero-order chi connectivity index (χ0) is 21.9. The summed E-state index contributed by atoms with van der Waals surface area (Å²) in [5.41, 5.74) is 2.60. The molecular formula is C24H31N5O2. The van der Waals surface area contributed by atoms with E-state index in [0.29, 0.717) is 36.7 Å². The summed E-state index contributed by atoms with van der Waals surface area (Å²) in [6, 6.07) is 21.1. The molecule has 1 aromatic heterocycles. The standard InChI is InChI=1S/C24H31N5O2/c1-4-30-18(2)23-28-22(31-29-23)17-27-24(25-3)26-16-21(20-13-9-6-10-14-20)15-19-11-7-5-8-12-19/h5-14,18,21H,4,15-17H2,1-3H3,(H2,25,26,27). The van der Waals surface area contributed by atoms with E-state index >= 15 is 0 Å². The van der Waals surface area contributed by atoms with E-state index in [1.807, 2.05) is 26.0 Å². The summed E-state index contributed by atoms with van der Waals surface area (Å²) >= 11 is 0. The first-order valence-electron chi connectivity index (χ1n) is 10.7. The molecule has 1 heterocycles. The van der Waals surface area contributed by atoms with Crippen molar-refractivity contribution in [1.29, 1.82) is 0 Å². The van der Waals surface area contributed by atoms with E-state index < -0.39 is 0 Å². The van der Waals surface area contributed by atoms with Gasteiger partial charge in [-0.15, -0.1) is 0 Å². The fraction of sp³-hybridized carbons (Fsp3) is 0.375. The number of aliphatic imine (C=N–C) groups is 1. The molecule has 7 heteroatoms. The average Bonchev–Trinajstić information content (AvgIpc) is 3.29. The number of guanidine groups is 1. The van der Waals surface area contributed by atoms with Crippen LogP contribution < -0.4 is 10.6 Å². The molecule has 3 rings (SSSR count). The van der Waals surface area contributed by atoms with Gasteiger partial charge in [-0.2, -0.15) is 4.98 Å². The molecule has 0 fully saturated rings. The third kappa shape index (κ3) is 6.93. The fourth-order valence-electron chi connectivity index (χ4n) is 3.36. The average molecular weight is 422 g/mol. The van der Waals surface area contributed by atoms with Crippen LogP contribution >= 0.6 is 0 Å². The van der Waals surface area contributed by atoms with E-state index in [9.17, 15) is 0 Å². The lowest BCUT2D eigenvalue weighted by Gasteiger charge is -2.20. The number of rotatable bonds is 10. The molecule has 2 unspecified atom stereocenters. The zero-order valence-electron chi connectivity index (χ0n) is 18.4. The molecule has 3 aromatic rings. The van der Waals surface area contributed by atoms with Crippen LogP contribution in [-0.4, -0.2) is 36.3 Å². The summed E-state index contributed by atoms with van der Waals surface area (Å²) in [5.74, 6) is 2.04. The van der Waals surface area contributed by atoms with Gasteiger partial charge in [0.05, 0.1) is 6.54 Å². The lowest BCUT2D eigenvalue weighted by atomic mass is 9.92. The van der Waals surface area contributed by atoms with Gasteiger partial charge in [0.2, 0.25) is 5.89 Å². The third-order valence-corrected chi connectivity index (χ3v) is 5.01. The molecule has 2 atom stereocenters. The van der Waals surface area contributed by atoms with Crippen LogP contribution in [0.5, 0.6) is 0 Å². The van der Waals surface area contributed by atoms with Gasteiger partial charge in [0.15, 0.2) is 11.8 Å². The monoisotopic (exact) mass is 421 g/mol. The van der Waals surface area contributed by atoms with Crippen molar-refractivity contribution in [3.05, 3.63) is 83.5 Å². The first kappa shape index (κ1) is 22.5. The number of nitrogens with one attached hydrogen (secondary N) is 2. The molecule has 0 radical (unpaired) electrons. The Morgan fingerprint density at radius 1 is 1.06 bits per heavy atom. The van der Waals surface area contributed by atoms with E-state index in [1.165, 1.54) is 11.1 Å². The summed E-state index contributed by atoms with van der Waals surface area (Å²) in [4.78, 5) is 8.71. The van der Waals surface area contributed by atoms with Crippen LogP contribution in [0.25, 0.3) is 0 Å². The fourth-order valence-corrected chi connectivity index (χ4v) is 3.36. The second kappa shape index (κ2) is 11.9.